The van der Waals surface area contributed by atoms with Gasteiger partial charge in [0.05, 0.1) is 11.5 Å². The lowest BCUT2D eigenvalue weighted by atomic mass is 9.97. The Morgan fingerprint density at radius 3 is 2.55 bits per heavy atom. The van der Waals surface area contributed by atoms with Crippen molar-refractivity contribution in [3.05, 3.63) is 38.9 Å². The number of nitro benzene ring substituents is 1. The molecule has 0 saturated carbocycles. The number of aliphatic carboxylic acids is 1. The Balaban J connectivity index is 2.35. The van der Waals surface area contributed by atoms with Gasteiger partial charge in [0, 0.05) is 30.2 Å². The van der Waals surface area contributed by atoms with E-state index < -0.39 is 22.3 Å². The molecular formula is C14H16N2O6. The zero-order valence-electron chi connectivity index (χ0n) is 12.2. The fourth-order valence-electron chi connectivity index (χ4n) is 2.45. The molecule has 8 nitrogen and oxygen atoms in total. The first kappa shape index (κ1) is 15.9. The van der Waals surface area contributed by atoms with Gasteiger partial charge in [0.2, 0.25) is 0 Å². The predicted octanol–water partition coefficient (Wildman–Crippen LogP) is 1.19. The van der Waals surface area contributed by atoms with E-state index in [1.54, 1.807) is 13.8 Å². The molecule has 0 aromatic heterocycles. The van der Waals surface area contributed by atoms with Gasteiger partial charge in [-0.25, -0.2) is 4.79 Å². The molecule has 1 aliphatic rings. The molecule has 1 heterocycles. The van der Waals surface area contributed by atoms with Gasteiger partial charge in [-0.1, -0.05) is 0 Å². The van der Waals surface area contributed by atoms with Gasteiger partial charge in [0.25, 0.3) is 11.6 Å². The summed E-state index contributed by atoms with van der Waals surface area (Å²) in [6, 6.07) is 2.71. The largest absolute Gasteiger partial charge is 0.479 e. The van der Waals surface area contributed by atoms with Crippen molar-refractivity contribution < 1.29 is 24.4 Å². The molecule has 1 unspecified atom stereocenters. The molecule has 0 bridgehead atoms. The first-order valence-electron chi connectivity index (χ1n) is 6.66. The van der Waals surface area contributed by atoms with Gasteiger partial charge in [0.1, 0.15) is 0 Å². The Labute approximate surface area is 126 Å². The number of carboxylic acids is 1. The summed E-state index contributed by atoms with van der Waals surface area (Å²) in [5, 5.41) is 22.7. The van der Waals surface area contributed by atoms with Crippen molar-refractivity contribution in [1.82, 2.24) is 5.32 Å². The molecule has 2 N–H and O–H groups in total. The van der Waals surface area contributed by atoms with Crippen molar-refractivity contribution in [2.75, 3.05) is 13.2 Å². The number of hydrogen-bond donors (Lipinski definition) is 2. The van der Waals surface area contributed by atoms with Crippen LogP contribution in [0.5, 0.6) is 0 Å². The van der Waals surface area contributed by atoms with E-state index in [1.807, 2.05) is 0 Å². The number of amides is 1. The third kappa shape index (κ3) is 2.77. The van der Waals surface area contributed by atoms with E-state index >= 15 is 0 Å². The number of benzene rings is 1. The van der Waals surface area contributed by atoms with Crippen LogP contribution in [0, 0.1) is 24.0 Å². The summed E-state index contributed by atoms with van der Waals surface area (Å²) in [7, 11) is 0. The Morgan fingerprint density at radius 2 is 2.05 bits per heavy atom. The van der Waals surface area contributed by atoms with Crippen LogP contribution in [0.2, 0.25) is 0 Å². The molecule has 1 aliphatic heterocycles. The normalized spacial score (nSPS) is 20.6. The van der Waals surface area contributed by atoms with Crippen molar-refractivity contribution in [3.8, 4) is 0 Å². The van der Waals surface area contributed by atoms with Crippen molar-refractivity contribution in [1.29, 1.82) is 0 Å². The average Bonchev–Trinajstić information content (AvgIpc) is 2.87. The van der Waals surface area contributed by atoms with E-state index in [1.165, 1.54) is 12.1 Å². The van der Waals surface area contributed by atoms with Crippen LogP contribution in [0.4, 0.5) is 5.69 Å². The average molecular weight is 308 g/mol. The van der Waals surface area contributed by atoms with E-state index in [0.717, 1.165) is 0 Å². The maximum absolute atomic E-state index is 12.4. The van der Waals surface area contributed by atoms with Gasteiger partial charge in [-0.2, -0.15) is 0 Å². The second kappa shape index (κ2) is 5.72. The van der Waals surface area contributed by atoms with Crippen LogP contribution in [0.1, 0.15) is 27.9 Å². The number of carbonyl (C=O) groups is 2. The number of ether oxygens (including phenoxy) is 1. The lowest BCUT2D eigenvalue weighted by Gasteiger charge is -2.24. The first-order chi connectivity index (χ1) is 10.3. The molecule has 1 amide bonds. The summed E-state index contributed by atoms with van der Waals surface area (Å²) in [6.45, 7) is 3.33. The fraction of sp³-hybridized carbons (Fsp3) is 0.429. The third-order valence-electron chi connectivity index (χ3n) is 3.77. The number of aryl methyl sites for hydroxylation is 2. The van der Waals surface area contributed by atoms with E-state index in [0.29, 0.717) is 11.1 Å². The van der Waals surface area contributed by atoms with Crippen LogP contribution in [0.15, 0.2) is 12.1 Å². The zero-order chi connectivity index (χ0) is 16.5. The monoisotopic (exact) mass is 308 g/mol. The Bertz CT molecular complexity index is 649. The molecule has 118 valence electrons. The molecule has 22 heavy (non-hydrogen) atoms. The Morgan fingerprint density at radius 1 is 1.36 bits per heavy atom. The highest BCUT2D eigenvalue weighted by atomic mass is 16.6. The van der Waals surface area contributed by atoms with Crippen LogP contribution in [-0.4, -0.2) is 40.7 Å². The maximum atomic E-state index is 12.4. The smallest absolute Gasteiger partial charge is 0.331 e. The van der Waals surface area contributed by atoms with Crippen molar-refractivity contribution in [2.45, 2.75) is 25.8 Å². The maximum Gasteiger partial charge on any atom is 0.331 e. The zero-order valence-corrected chi connectivity index (χ0v) is 12.2. The Hall–Kier alpha value is -2.48. The van der Waals surface area contributed by atoms with Crippen LogP contribution < -0.4 is 5.32 Å². The van der Waals surface area contributed by atoms with E-state index in [9.17, 15) is 24.8 Å². The summed E-state index contributed by atoms with van der Waals surface area (Å²) >= 11 is 0. The highest BCUT2D eigenvalue weighted by Crippen LogP contribution is 2.25. The van der Waals surface area contributed by atoms with Crippen molar-refractivity contribution >= 4 is 17.6 Å². The van der Waals surface area contributed by atoms with Crippen molar-refractivity contribution in [3.63, 3.8) is 0 Å². The van der Waals surface area contributed by atoms with Crippen LogP contribution in [0.3, 0.4) is 0 Å². The van der Waals surface area contributed by atoms with Gasteiger partial charge < -0.3 is 15.2 Å². The standard InChI is InChI=1S/C14H16N2O6/c1-8-5-9(2)11(16(20)21)6-10(8)12(17)15-14(13(18)19)3-4-22-7-14/h5-6H,3-4,7H2,1-2H3,(H,15,17)(H,18,19). The highest BCUT2D eigenvalue weighted by Gasteiger charge is 2.44. The minimum Gasteiger partial charge on any atom is -0.479 e. The molecule has 8 heteroatoms. The van der Waals surface area contributed by atoms with E-state index in [2.05, 4.69) is 5.32 Å². The second-order valence-electron chi connectivity index (χ2n) is 5.35. The molecule has 1 aromatic rings. The minimum atomic E-state index is -1.48. The number of nitrogens with zero attached hydrogens (tertiary/aromatic N) is 1. The van der Waals surface area contributed by atoms with E-state index in [4.69, 9.17) is 4.74 Å². The van der Waals surface area contributed by atoms with Crippen LogP contribution >= 0.6 is 0 Å². The summed E-state index contributed by atoms with van der Waals surface area (Å²) in [4.78, 5) is 34.2. The molecule has 1 fully saturated rings. The van der Waals surface area contributed by atoms with Gasteiger partial charge in [-0.15, -0.1) is 0 Å². The number of nitrogens with one attached hydrogen (secondary N) is 1. The quantitative estimate of drug-likeness (QED) is 0.637. The second-order valence-corrected chi connectivity index (χ2v) is 5.35. The molecule has 1 saturated heterocycles. The first-order valence-corrected chi connectivity index (χ1v) is 6.66. The summed E-state index contributed by atoms with van der Waals surface area (Å²) in [6.07, 6.45) is 0.154. The Kier molecular flexibility index (Phi) is 4.14. The van der Waals surface area contributed by atoms with Gasteiger partial charge in [-0.3, -0.25) is 14.9 Å². The highest BCUT2D eigenvalue weighted by molar-refractivity contribution is 5.99. The molecule has 2 rings (SSSR count). The molecule has 0 spiro atoms. The van der Waals surface area contributed by atoms with Gasteiger partial charge in [-0.05, 0) is 25.5 Å². The topological polar surface area (TPSA) is 119 Å². The lowest BCUT2D eigenvalue weighted by molar-refractivity contribution is -0.385. The molecule has 1 atom stereocenters. The summed E-state index contributed by atoms with van der Waals surface area (Å²) in [5.74, 6) is -1.84. The van der Waals surface area contributed by atoms with Crippen LogP contribution in [0.25, 0.3) is 0 Å². The van der Waals surface area contributed by atoms with Crippen molar-refractivity contribution in [2.24, 2.45) is 0 Å². The third-order valence-corrected chi connectivity index (χ3v) is 3.77. The SMILES string of the molecule is Cc1cc(C)c([N+](=O)[O-])cc1C(=O)NC1(C(=O)O)CCOC1. The molecule has 0 aliphatic carbocycles. The summed E-state index contributed by atoms with van der Waals surface area (Å²) < 4.78 is 5.07. The van der Waals surface area contributed by atoms with E-state index in [-0.39, 0.29) is 30.9 Å². The number of rotatable bonds is 4. The molecule has 0 radical (unpaired) electrons. The molecule has 1 aromatic carbocycles. The fourth-order valence-corrected chi connectivity index (χ4v) is 2.45. The summed E-state index contributed by atoms with van der Waals surface area (Å²) in [5.41, 5.74) is -0.590. The lowest BCUT2D eigenvalue weighted by Crippen LogP contribution is -2.55. The number of carbonyl (C=O) groups excluding carboxylic acids is 1. The number of nitro groups is 1. The van der Waals surface area contributed by atoms with Gasteiger partial charge >= 0.3 is 5.97 Å². The molecular weight excluding hydrogens is 292 g/mol. The predicted molar refractivity (Wildman–Crippen MR) is 75.8 cm³/mol. The number of hydrogen-bond acceptors (Lipinski definition) is 5. The van der Waals surface area contributed by atoms with Crippen LogP contribution in [-0.2, 0) is 9.53 Å². The van der Waals surface area contributed by atoms with Gasteiger partial charge in [0.15, 0.2) is 5.54 Å². The number of carboxylic acid groups (broad SMARTS) is 1. The minimum absolute atomic E-state index is 0.0878.